The Morgan fingerprint density at radius 2 is 1.90 bits per heavy atom. The summed E-state index contributed by atoms with van der Waals surface area (Å²) < 4.78 is 0. The fourth-order valence-electron chi connectivity index (χ4n) is 0.399. The van der Waals surface area contributed by atoms with Crippen LogP contribution in [-0.2, 0) is 14.4 Å². The lowest BCUT2D eigenvalue weighted by Gasteiger charge is -1.95. The van der Waals surface area contributed by atoms with E-state index in [1.807, 2.05) is 5.32 Å². The molecule has 0 heterocycles. The van der Waals surface area contributed by atoms with Gasteiger partial charge in [-0.05, 0) is 0 Å². The molecule has 5 heteroatoms. The molecule has 0 aliphatic rings. The van der Waals surface area contributed by atoms with Crippen LogP contribution in [0.15, 0.2) is 0 Å². The molecule has 0 aromatic carbocycles. The van der Waals surface area contributed by atoms with Crippen molar-refractivity contribution in [2.45, 2.75) is 13.3 Å². The Balaban J connectivity index is 3.65. The van der Waals surface area contributed by atoms with Crippen molar-refractivity contribution in [2.24, 2.45) is 5.73 Å². The first kappa shape index (κ1) is 8.61. The van der Waals surface area contributed by atoms with E-state index in [9.17, 15) is 14.4 Å². The lowest BCUT2D eigenvalue weighted by atomic mass is 10.4. The van der Waals surface area contributed by atoms with Gasteiger partial charge in [0.2, 0.25) is 17.7 Å². The number of hydrogen-bond donors (Lipinski definition) is 2. The van der Waals surface area contributed by atoms with Gasteiger partial charge in [0.15, 0.2) is 0 Å². The van der Waals surface area contributed by atoms with E-state index in [0.717, 1.165) is 0 Å². The highest BCUT2D eigenvalue weighted by molar-refractivity contribution is 6.02. The average molecular weight is 144 g/mol. The Morgan fingerprint density at radius 1 is 1.40 bits per heavy atom. The van der Waals surface area contributed by atoms with E-state index in [1.54, 1.807) is 0 Å². The van der Waals surface area contributed by atoms with Gasteiger partial charge in [-0.15, -0.1) is 0 Å². The minimum Gasteiger partial charge on any atom is -0.369 e. The number of primary amides is 1. The molecule has 0 rings (SSSR count). The van der Waals surface area contributed by atoms with E-state index < -0.39 is 24.1 Å². The standard InChI is InChI=1S/C5H8N2O3/c1-3(8)7-5(10)2-4(6)9/h2H2,1H3,(H2,6,9)(H,7,8,10). The molecule has 0 saturated heterocycles. The summed E-state index contributed by atoms with van der Waals surface area (Å²) in [6.45, 7) is 1.18. The molecule has 0 aliphatic heterocycles. The number of nitrogens with two attached hydrogens (primary N) is 1. The van der Waals surface area contributed by atoms with Gasteiger partial charge in [0.1, 0.15) is 6.42 Å². The van der Waals surface area contributed by atoms with Gasteiger partial charge >= 0.3 is 0 Å². The van der Waals surface area contributed by atoms with Crippen LogP contribution < -0.4 is 11.1 Å². The van der Waals surface area contributed by atoms with Crippen molar-refractivity contribution in [3.8, 4) is 0 Å². The molecule has 0 bridgehead atoms. The van der Waals surface area contributed by atoms with Gasteiger partial charge < -0.3 is 5.73 Å². The van der Waals surface area contributed by atoms with Crippen molar-refractivity contribution < 1.29 is 14.4 Å². The summed E-state index contributed by atoms with van der Waals surface area (Å²) >= 11 is 0. The van der Waals surface area contributed by atoms with E-state index in [4.69, 9.17) is 0 Å². The molecule has 3 N–H and O–H groups in total. The fourth-order valence-corrected chi connectivity index (χ4v) is 0.399. The summed E-state index contributed by atoms with van der Waals surface area (Å²) in [7, 11) is 0. The summed E-state index contributed by atoms with van der Waals surface area (Å²) in [6.07, 6.45) is -0.445. The molecular formula is C5H8N2O3. The maximum atomic E-state index is 10.4. The second kappa shape index (κ2) is 3.60. The zero-order valence-electron chi connectivity index (χ0n) is 5.51. The number of imide groups is 1. The maximum Gasteiger partial charge on any atom is 0.235 e. The molecule has 0 fully saturated rings. The van der Waals surface area contributed by atoms with Crippen molar-refractivity contribution in [3.63, 3.8) is 0 Å². The predicted molar refractivity (Wildman–Crippen MR) is 32.6 cm³/mol. The SMILES string of the molecule is CC(=O)NC(=O)CC(N)=O. The first-order chi connectivity index (χ1) is 4.52. The number of rotatable bonds is 2. The Kier molecular flexibility index (Phi) is 3.10. The predicted octanol–water partition coefficient (Wildman–Crippen LogP) is -1.48. The second-order valence-electron chi connectivity index (χ2n) is 1.75. The van der Waals surface area contributed by atoms with E-state index in [-0.39, 0.29) is 0 Å². The number of amides is 3. The number of hydrogen-bond acceptors (Lipinski definition) is 3. The molecule has 0 unspecified atom stereocenters. The fraction of sp³-hybridized carbons (Fsp3) is 0.400. The summed E-state index contributed by atoms with van der Waals surface area (Å²) in [4.78, 5) is 30.6. The van der Waals surface area contributed by atoms with Crippen molar-refractivity contribution in [2.75, 3.05) is 0 Å². The zero-order chi connectivity index (χ0) is 8.15. The van der Waals surface area contributed by atoms with E-state index in [2.05, 4.69) is 5.73 Å². The number of nitrogens with one attached hydrogen (secondary N) is 1. The van der Waals surface area contributed by atoms with Gasteiger partial charge in [-0.1, -0.05) is 0 Å². The largest absolute Gasteiger partial charge is 0.369 e. The van der Waals surface area contributed by atoms with Crippen LogP contribution in [0.4, 0.5) is 0 Å². The van der Waals surface area contributed by atoms with E-state index >= 15 is 0 Å². The third kappa shape index (κ3) is 4.76. The summed E-state index contributed by atoms with van der Waals surface area (Å²) in [5.41, 5.74) is 4.66. The second-order valence-corrected chi connectivity index (χ2v) is 1.75. The molecule has 3 amide bonds. The highest BCUT2D eigenvalue weighted by Crippen LogP contribution is 1.75. The third-order valence-electron chi connectivity index (χ3n) is 0.650. The molecule has 10 heavy (non-hydrogen) atoms. The zero-order valence-corrected chi connectivity index (χ0v) is 5.51. The van der Waals surface area contributed by atoms with Gasteiger partial charge in [-0.25, -0.2) is 0 Å². The quantitative estimate of drug-likeness (QED) is 0.463. The van der Waals surface area contributed by atoms with Gasteiger partial charge in [0.25, 0.3) is 0 Å². The molecule has 0 radical (unpaired) electrons. The van der Waals surface area contributed by atoms with Gasteiger partial charge in [-0.3, -0.25) is 19.7 Å². The summed E-state index contributed by atoms with van der Waals surface area (Å²) in [5, 5.41) is 1.90. The van der Waals surface area contributed by atoms with E-state index in [1.165, 1.54) is 6.92 Å². The number of carbonyl (C=O) groups is 3. The molecule has 0 aromatic rings. The Morgan fingerprint density at radius 3 is 2.20 bits per heavy atom. The van der Waals surface area contributed by atoms with Crippen LogP contribution >= 0.6 is 0 Å². The van der Waals surface area contributed by atoms with Crippen molar-refractivity contribution in [1.82, 2.24) is 5.32 Å². The van der Waals surface area contributed by atoms with Gasteiger partial charge in [-0.2, -0.15) is 0 Å². The molecule has 0 atom stereocenters. The molecule has 0 spiro atoms. The average Bonchev–Trinajstić information content (AvgIpc) is 1.58. The smallest absolute Gasteiger partial charge is 0.235 e. The minimum absolute atomic E-state index is 0.445. The molecule has 0 aromatic heterocycles. The highest BCUT2D eigenvalue weighted by Gasteiger charge is 2.05. The van der Waals surface area contributed by atoms with Crippen molar-refractivity contribution >= 4 is 17.7 Å². The molecule has 56 valence electrons. The minimum atomic E-state index is -0.751. The van der Waals surface area contributed by atoms with E-state index in [0.29, 0.717) is 0 Å². The monoisotopic (exact) mass is 144 g/mol. The molecule has 0 aliphatic carbocycles. The summed E-state index contributed by atoms with van der Waals surface area (Å²) in [6, 6.07) is 0. The van der Waals surface area contributed by atoms with Crippen molar-refractivity contribution in [1.29, 1.82) is 0 Å². The van der Waals surface area contributed by atoms with Crippen LogP contribution in [0.5, 0.6) is 0 Å². The molecule has 0 saturated carbocycles. The Labute approximate surface area is 57.6 Å². The highest BCUT2D eigenvalue weighted by atomic mass is 16.2. The normalized spacial score (nSPS) is 8.50. The Bertz CT molecular complexity index is 158. The topological polar surface area (TPSA) is 89.3 Å². The lowest BCUT2D eigenvalue weighted by Crippen LogP contribution is -2.31. The van der Waals surface area contributed by atoms with Crippen molar-refractivity contribution in [3.05, 3.63) is 0 Å². The first-order valence-electron chi connectivity index (χ1n) is 2.61. The van der Waals surface area contributed by atoms with Crippen LogP contribution in [0.3, 0.4) is 0 Å². The van der Waals surface area contributed by atoms with Crippen LogP contribution in [0.1, 0.15) is 13.3 Å². The third-order valence-corrected chi connectivity index (χ3v) is 0.650. The molecule has 5 nitrogen and oxygen atoms in total. The Hall–Kier alpha value is -1.39. The van der Waals surface area contributed by atoms with Crippen LogP contribution in [0, 0.1) is 0 Å². The maximum absolute atomic E-state index is 10.4. The lowest BCUT2D eigenvalue weighted by molar-refractivity contribution is -0.131. The first-order valence-corrected chi connectivity index (χ1v) is 2.61. The van der Waals surface area contributed by atoms with Gasteiger partial charge in [0, 0.05) is 6.92 Å². The van der Waals surface area contributed by atoms with Crippen LogP contribution in [0.25, 0.3) is 0 Å². The van der Waals surface area contributed by atoms with Crippen LogP contribution in [-0.4, -0.2) is 17.7 Å². The van der Waals surface area contributed by atoms with Crippen LogP contribution in [0.2, 0.25) is 0 Å². The molecular weight excluding hydrogens is 136 g/mol. The number of carbonyl (C=O) groups excluding carboxylic acids is 3. The van der Waals surface area contributed by atoms with Gasteiger partial charge in [0.05, 0.1) is 0 Å². The summed E-state index contributed by atoms with van der Waals surface area (Å²) in [5.74, 6) is -1.91.